The maximum absolute atomic E-state index is 14.7. The van der Waals surface area contributed by atoms with Gasteiger partial charge in [-0.05, 0) is 77.5 Å². The normalized spacial score (nSPS) is 21.2. The largest absolute Gasteiger partial charge is 0.494 e. The Bertz CT molecular complexity index is 741. The fourth-order valence-corrected chi connectivity index (χ4v) is 3.27. The number of carbonyl (C=O) groups is 1. The lowest BCUT2D eigenvalue weighted by Gasteiger charge is -2.32. The van der Waals surface area contributed by atoms with E-state index >= 15 is 0 Å². The van der Waals surface area contributed by atoms with Gasteiger partial charge in [-0.15, -0.1) is 0 Å². The van der Waals surface area contributed by atoms with E-state index in [0.29, 0.717) is 30.5 Å². The molecule has 1 fully saturated rings. The first kappa shape index (κ1) is 20.1. The highest BCUT2D eigenvalue weighted by molar-refractivity contribution is 6.62. The van der Waals surface area contributed by atoms with Crippen LogP contribution in [0.4, 0.5) is 9.18 Å². The minimum absolute atomic E-state index is 0.277. The maximum Gasteiger partial charge on any atom is 0.494 e. The standard InChI is InChI=1S/C20H29BFNO4/c1-18(2,3)25-17(24)23-9-8-15-13(12-23)10-14(11-16(15)22)21-26-19(4,5)20(6,7)27-21/h10-11H,8-9,12H2,1-7H3. The van der Waals surface area contributed by atoms with E-state index in [1.807, 2.05) is 54.5 Å². The lowest BCUT2D eigenvalue weighted by Crippen LogP contribution is -2.41. The lowest BCUT2D eigenvalue weighted by molar-refractivity contribution is 0.00578. The first-order valence-corrected chi connectivity index (χ1v) is 9.44. The van der Waals surface area contributed by atoms with Crippen LogP contribution in [0.5, 0.6) is 0 Å². The van der Waals surface area contributed by atoms with Crippen LogP contribution < -0.4 is 5.46 Å². The summed E-state index contributed by atoms with van der Waals surface area (Å²) in [4.78, 5) is 14.0. The Morgan fingerprint density at radius 3 is 2.33 bits per heavy atom. The molecule has 0 aliphatic carbocycles. The summed E-state index contributed by atoms with van der Waals surface area (Å²) in [6.45, 7) is 14.1. The molecule has 0 spiro atoms. The van der Waals surface area contributed by atoms with Gasteiger partial charge in [-0.2, -0.15) is 0 Å². The average Bonchev–Trinajstić information content (AvgIpc) is 2.73. The van der Waals surface area contributed by atoms with E-state index in [0.717, 1.165) is 5.56 Å². The van der Waals surface area contributed by atoms with E-state index in [1.165, 1.54) is 6.07 Å². The first-order valence-electron chi connectivity index (χ1n) is 9.44. The van der Waals surface area contributed by atoms with Crippen molar-refractivity contribution in [2.24, 2.45) is 0 Å². The SMILES string of the molecule is CC(C)(C)OC(=O)N1CCc2c(F)cc(B3OC(C)(C)C(C)(C)O3)cc2C1. The summed E-state index contributed by atoms with van der Waals surface area (Å²) in [7, 11) is -0.633. The van der Waals surface area contributed by atoms with Gasteiger partial charge in [-0.3, -0.25) is 0 Å². The molecule has 7 heteroatoms. The second-order valence-electron chi connectivity index (χ2n) is 9.38. The second-order valence-corrected chi connectivity index (χ2v) is 9.38. The molecule has 1 amide bonds. The number of carbonyl (C=O) groups excluding carboxylic acids is 1. The van der Waals surface area contributed by atoms with Crippen molar-refractivity contribution in [1.29, 1.82) is 0 Å². The minimum atomic E-state index is -0.633. The monoisotopic (exact) mass is 377 g/mol. The number of hydrogen-bond donors (Lipinski definition) is 0. The van der Waals surface area contributed by atoms with Crippen LogP contribution in [0.2, 0.25) is 0 Å². The van der Waals surface area contributed by atoms with Crippen LogP contribution in [-0.4, -0.2) is 41.5 Å². The van der Waals surface area contributed by atoms with Gasteiger partial charge >= 0.3 is 13.2 Å². The summed E-state index contributed by atoms with van der Waals surface area (Å²) in [6, 6.07) is 3.38. The van der Waals surface area contributed by atoms with E-state index in [2.05, 4.69) is 0 Å². The van der Waals surface area contributed by atoms with E-state index in [-0.39, 0.29) is 11.9 Å². The Morgan fingerprint density at radius 1 is 1.19 bits per heavy atom. The van der Waals surface area contributed by atoms with E-state index in [4.69, 9.17) is 14.0 Å². The van der Waals surface area contributed by atoms with Crippen molar-refractivity contribution in [1.82, 2.24) is 4.90 Å². The molecule has 1 aromatic rings. The molecule has 148 valence electrons. The number of rotatable bonds is 1. The van der Waals surface area contributed by atoms with Crippen LogP contribution in [-0.2, 0) is 27.0 Å². The van der Waals surface area contributed by atoms with Crippen LogP contribution in [0.3, 0.4) is 0 Å². The summed E-state index contributed by atoms with van der Waals surface area (Å²) >= 11 is 0. The summed E-state index contributed by atoms with van der Waals surface area (Å²) in [5, 5.41) is 0. The molecule has 2 heterocycles. The van der Waals surface area contributed by atoms with Crippen LogP contribution in [0.1, 0.15) is 59.6 Å². The summed E-state index contributed by atoms with van der Waals surface area (Å²) in [5.74, 6) is -0.277. The molecule has 0 aromatic heterocycles. The fourth-order valence-electron chi connectivity index (χ4n) is 3.27. The molecule has 5 nitrogen and oxygen atoms in total. The van der Waals surface area contributed by atoms with Crippen LogP contribution in [0, 0.1) is 5.82 Å². The maximum atomic E-state index is 14.7. The van der Waals surface area contributed by atoms with Crippen molar-refractivity contribution in [2.45, 2.75) is 78.2 Å². The molecule has 0 N–H and O–H groups in total. The van der Waals surface area contributed by atoms with Gasteiger partial charge in [0.2, 0.25) is 0 Å². The molecule has 1 saturated heterocycles. The molecule has 2 aliphatic rings. The van der Waals surface area contributed by atoms with Crippen LogP contribution in [0.25, 0.3) is 0 Å². The second kappa shape index (κ2) is 6.48. The Morgan fingerprint density at radius 2 is 1.78 bits per heavy atom. The van der Waals surface area contributed by atoms with Gasteiger partial charge in [0.25, 0.3) is 0 Å². The summed E-state index contributed by atoms with van der Waals surface area (Å²) in [5.41, 5.74) is 0.509. The fraction of sp³-hybridized carbons (Fsp3) is 0.650. The predicted octanol–water partition coefficient (Wildman–Crippen LogP) is 3.42. The molecule has 3 rings (SSSR count). The number of nitrogens with zero attached hydrogens (tertiary/aromatic N) is 1. The van der Waals surface area contributed by atoms with Crippen LogP contribution in [0.15, 0.2) is 12.1 Å². The third-order valence-corrected chi connectivity index (χ3v) is 5.48. The zero-order valence-electron chi connectivity index (χ0n) is 17.3. The number of halogens is 1. The number of fused-ring (bicyclic) bond motifs is 1. The Kier molecular flexibility index (Phi) is 4.84. The molecule has 0 unspecified atom stereocenters. The van der Waals surface area contributed by atoms with E-state index in [1.54, 1.807) is 4.90 Å². The zero-order valence-corrected chi connectivity index (χ0v) is 17.3. The smallest absolute Gasteiger partial charge is 0.444 e. The predicted molar refractivity (Wildman–Crippen MR) is 102 cm³/mol. The molecule has 0 atom stereocenters. The molecule has 0 saturated carbocycles. The quantitative estimate of drug-likeness (QED) is 0.704. The number of amides is 1. The number of benzene rings is 1. The molecule has 0 radical (unpaired) electrons. The van der Waals surface area contributed by atoms with Crippen molar-refractivity contribution < 1.29 is 23.2 Å². The van der Waals surface area contributed by atoms with Gasteiger partial charge in [0, 0.05) is 13.1 Å². The Hall–Kier alpha value is -1.60. The van der Waals surface area contributed by atoms with Gasteiger partial charge in [0.1, 0.15) is 11.4 Å². The van der Waals surface area contributed by atoms with Crippen molar-refractivity contribution in [3.63, 3.8) is 0 Å². The minimum Gasteiger partial charge on any atom is -0.444 e. The molecular weight excluding hydrogens is 348 g/mol. The van der Waals surface area contributed by atoms with Gasteiger partial charge in [-0.25, -0.2) is 9.18 Å². The topological polar surface area (TPSA) is 48.0 Å². The van der Waals surface area contributed by atoms with Crippen molar-refractivity contribution in [2.75, 3.05) is 6.54 Å². The summed E-state index contributed by atoms with van der Waals surface area (Å²) < 4.78 is 32.3. The zero-order chi connectivity index (χ0) is 20.2. The van der Waals surface area contributed by atoms with Crippen molar-refractivity contribution in [3.8, 4) is 0 Å². The number of hydrogen-bond acceptors (Lipinski definition) is 4. The molecule has 1 aromatic carbocycles. The molecule has 0 bridgehead atoms. The molecule has 2 aliphatic heterocycles. The third-order valence-electron chi connectivity index (χ3n) is 5.48. The van der Waals surface area contributed by atoms with Crippen LogP contribution >= 0.6 is 0 Å². The van der Waals surface area contributed by atoms with E-state index in [9.17, 15) is 9.18 Å². The van der Waals surface area contributed by atoms with Crippen molar-refractivity contribution in [3.05, 3.63) is 29.1 Å². The highest BCUT2D eigenvalue weighted by atomic mass is 19.1. The number of ether oxygens (including phenoxy) is 1. The van der Waals surface area contributed by atoms with Gasteiger partial charge in [-0.1, -0.05) is 6.07 Å². The average molecular weight is 377 g/mol. The molecule has 27 heavy (non-hydrogen) atoms. The van der Waals surface area contributed by atoms with Gasteiger partial charge in [0.05, 0.1) is 11.2 Å². The Labute approximate surface area is 161 Å². The van der Waals surface area contributed by atoms with Gasteiger partial charge < -0.3 is 18.9 Å². The van der Waals surface area contributed by atoms with Gasteiger partial charge in [0.15, 0.2) is 0 Å². The lowest BCUT2D eigenvalue weighted by atomic mass is 9.77. The molecular formula is C20H29BFNO4. The highest BCUT2D eigenvalue weighted by Gasteiger charge is 2.52. The van der Waals surface area contributed by atoms with Crippen molar-refractivity contribution >= 4 is 18.7 Å². The first-order chi connectivity index (χ1) is 12.3. The van der Waals surface area contributed by atoms with E-state index < -0.39 is 23.9 Å². The third kappa shape index (κ3) is 3.99. The highest BCUT2D eigenvalue weighted by Crippen LogP contribution is 2.36. The Balaban J connectivity index is 1.84. The summed E-state index contributed by atoms with van der Waals surface area (Å²) in [6.07, 6.45) is 0.0824.